The summed E-state index contributed by atoms with van der Waals surface area (Å²) in [6.45, 7) is 5.03. The lowest BCUT2D eigenvalue weighted by molar-refractivity contribution is -0.0883. The molecule has 200 valence electrons. The largest absolute Gasteiger partial charge is 0.400 e. The molecule has 0 spiro atoms. The molecule has 35 heavy (non-hydrogen) atoms. The smallest absolute Gasteiger partial charge is 0.245 e. The molecular formula is C30H50O4S. The maximum absolute atomic E-state index is 13.1. The van der Waals surface area contributed by atoms with Crippen LogP contribution in [-0.2, 0) is 18.8 Å². The second-order valence-electron chi connectivity index (χ2n) is 14.3. The van der Waals surface area contributed by atoms with Crippen LogP contribution in [0, 0.1) is 46.3 Å². The van der Waals surface area contributed by atoms with Gasteiger partial charge in [-0.05, 0) is 123 Å². The van der Waals surface area contributed by atoms with Crippen LogP contribution in [0.3, 0.4) is 0 Å². The van der Waals surface area contributed by atoms with Gasteiger partial charge < -0.3 is 0 Å². The maximum atomic E-state index is 13.1. The first-order valence-electron chi connectivity index (χ1n) is 15.4. The molecule has 0 bridgehead atoms. The van der Waals surface area contributed by atoms with Crippen molar-refractivity contribution in [3.05, 3.63) is 0 Å². The van der Waals surface area contributed by atoms with Gasteiger partial charge in [0.05, 0.1) is 12.2 Å². The van der Waals surface area contributed by atoms with E-state index < -0.39 is 10.4 Å². The lowest BCUT2D eigenvalue weighted by atomic mass is 9.49. The van der Waals surface area contributed by atoms with Gasteiger partial charge in [-0.25, -0.2) is 8.37 Å². The molecule has 0 aromatic carbocycles. The molecule has 0 unspecified atom stereocenters. The van der Waals surface area contributed by atoms with Gasteiger partial charge in [-0.3, -0.25) is 0 Å². The highest BCUT2D eigenvalue weighted by molar-refractivity contribution is 7.81. The van der Waals surface area contributed by atoms with Crippen molar-refractivity contribution in [1.29, 1.82) is 0 Å². The Morgan fingerprint density at radius 2 is 1.00 bits per heavy atom. The van der Waals surface area contributed by atoms with E-state index in [-0.39, 0.29) is 12.2 Å². The van der Waals surface area contributed by atoms with Crippen LogP contribution in [0.4, 0.5) is 0 Å². The van der Waals surface area contributed by atoms with Crippen LogP contribution in [-0.4, -0.2) is 20.6 Å². The van der Waals surface area contributed by atoms with Crippen molar-refractivity contribution in [2.45, 2.75) is 142 Å². The molecule has 5 heteroatoms. The molecule has 0 aromatic rings. The van der Waals surface area contributed by atoms with Crippen molar-refractivity contribution in [2.24, 2.45) is 46.3 Å². The summed E-state index contributed by atoms with van der Waals surface area (Å²) in [6.07, 6.45) is 21.8. The van der Waals surface area contributed by atoms with Crippen molar-refractivity contribution >= 4 is 10.4 Å². The zero-order valence-electron chi connectivity index (χ0n) is 22.4. The molecule has 4 nitrogen and oxygen atoms in total. The van der Waals surface area contributed by atoms with Gasteiger partial charge in [-0.2, -0.15) is 8.42 Å². The summed E-state index contributed by atoms with van der Waals surface area (Å²) in [6, 6.07) is 0. The van der Waals surface area contributed by atoms with Gasteiger partial charge in [-0.15, -0.1) is 0 Å². The van der Waals surface area contributed by atoms with Crippen molar-refractivity contribution < 1.29 is 16.8 Å². The van der Waals surface area contributed by atoms with Gasteiger partial charge in [0.1, 0.15) is 0 Å². The first kappa shape index (κ1) is 25.2. The molecule has 0 aromatic heterocycles. The molecule has 0 aliphatic heterocycles. The fourth-order valence-electron chi connectivity index (χ4n) is 10.8. The molecule has 0 radical (unpaired) electrons. The second kappa shape index (κ2) is 9.56. The van der Waals surface area contributed by atoms with E-state index >= 15 is 0 Å². The van der Waals surface area contributed by atoms with Gasteiger partial charge >= 0.3 is 10.4 Å². The third kappa shape index (κ3) is 4.67. The predicted molar refractivity (Wildman–Crippen MR) is 139 cm³/mol. The van der Waals surface area contributed by atoms with Crippen LogP contribution in [0.1, 0.15) is 129 Å². The van der Waals surface area contributed by atoms with Crippen LogP contribution < -0.4 is 0 Å². The average Bonchev–Trinajstić information content (AvgIpc) is 2.84. The SMILES string of the molecule is C[C@@]12CC[C@H](OS(=O)(=O)O[C@H]3CC[C@]4(C)[C@@H](CC[C@@H]5CCCC[C@H]54)C3)C[C@@H]1CC[C@@H]1CCCC[C@H]12. The van der Waals surface area contributed by atoms with Crippen LogP contribution in [0.25, 0.3) is 0 Å². The van der Waals surface area contributed by atoms with Gasteiger partial charge in [-0.1, -0.05) is 52.4 Å². The molecule has 6 fully saturated rings. The highest BCUT2D eigenvalue weighted by Gasteiger charge is 2.53. The van der Waals surface area contributed by atoms with E-state index in [9.17, 15) is 8.42 Å². The molecule has 6 saturated carbocycles. The van der Waals surface area contributed by atoms with Crippen LogP contribution in [0.2, 0.25) is 0 Å². The summed E-state index contributed by atoms with van der Waals surface area (Å²) in [5.74, 6) is 4.73. The first-order chi connectivity index (χ1) is 16.8. The Balaban J connectivity index is 1.05. The van der Waals surface area contributed by atoms with Crippen molar-refractivity contribution in [3.8, 4) is 0 Å². The summed E-state index contributed by atoms with van der Waals surface area (Å²) in [5, 5.41) is 0. The second-order valence-corrected chi connectivity index (χ2v) is 15.5. The lowest BCUT2D eigenvalue weighted by Gasteiger charge is -2.56. The summed E-state index contributed by atoms with van der Waals surface area (Å²) in [7, 11) is -3.94. The monoisotopic (exact) mass is 506 g/mol. The topological polar surface area (TPSA) is 52.6 Å². The molecule has 0 N–H and O–H groups in total. The highest BCUT2D eigenvalue weighted by atomic mass is 32.3. The predicted octanol–water partition coefficient (Wildman–Crippen LogP) is 7.81. The fourth-order valence-corrected chi connectivity index (χ4v) is 11.9. The highest BCUT2D eigenvalue weighted by Crippen LogP contribution is 2.60. The lowest BCUT2D eigenvalue weighted by Crippen LogP contribution is -2.50. The molecule has 10 atom stereocenters. The van der Waals surface area contributed by atoms with E-state index in [1.54, 1.807) is 0 Å². The summed E-state index contributed by atoms with van der Waals surface area (Å²) >= 11 is 0. The molecule has 6 rings (SSSR count). The Morgan fingerprint density at radius 3 is 1.46 bits per heavy atom. The van der Waals surface area contributed by atoms with E-state index in [2.05, 4.69) is 13.8 Å². The van der Waals surface area contributed by atoms with E-state index in [0.29, 0.717) is 22.7 Å². The van der Waals surface area contributed by atoms with Gasteiger partial charge in [0.2, 0.25) is 0 Å². The summed E-state index contributed by atoms with van der Waals surface area (Å²) in [4.78, 5) is 0. The number of fused-ring (bicyclic) bond motifs is 6. The Labute approximate surface area is 215 Å². The summed E-state index contributed by atoms with van der Waals surface area (Å²) < 4.78 is 37.7. The van der Waals surface area contributed by atoms with Crippen molar-refractivity contribution in [1.82, 2.24) is 0 Å². The Hall–Kier alpha value is -0.130. The number of rotatable bonds is 4. The molecule has 0 saturated heterocycles. The minimum absolute atomic E-state index is 0.190. The van der Waals surface area contributed by atoms with E-state index in [4.69, 9.17) is 8.37 Å². The quantitative estimate of drug-likeness (QED) is 0.390. The standard InChI is InChI=1S/C30H50O4S/c1-29-17-15-25(19-23(29)13-11-21-7-3-5-9-27(21)29)33-35(31,32)34-26-16-18-30(2)24(20-26)14-12-22-8-4-6-10-28(22)30/h21-28H,3-20H2,1-2H3/t21-,22-,23-,24-,25-,26-,27+,28+,29+,30+/m0/s1. The maximum Gasteiger partial charge on any atom is 0.400 e. The van der Waals surface area contributed by atoms with Crippen LogP contribution in [0.5, 0.6) is 0 Å². The minimum atomic E-state index is -3.94. The molecular weight excluding hydrogens is 456 g/mol. The Bertz CT molecular complexity index is 808. The van der Waals surface area contributed by atoms with E-state index in [1.807, 2.05) is 0 Å². The molecule has 0 amide bonds. The van der Waals surface area contributed by atoms with Crippen LogP contribution in [0.15, 0.2) is 0 Å². The Kier molecular flexibility index (Phi) is 6.87. The van der Waals surface area contributed by atoms with Gasteiger partial charge in [0, 0.05) is 0 Å². The fraction of sp³-hybridized carbons (Fsp3) is 1.00. The van der Waals surface area contributed by atoms with Gasteiger partial charge in [0.15, 0.2) is 0 Å². The number of hydrogen-bond donors (Lipinski definition) is 0. The molecule has 6 aliphatic carbocycles. The van der Waals surface area contributed by atoms with Crippen molar-refractivity contribution in [2.75, 3.05) is 0 Å². The van der Waals surface area contributed by atoms with E-state index in [1.165, 1.54) is 77.0 Å². The zero-order valence-corrected chi connectivity index (χ0v) is 23.2. The molecule has 6 aliphatic rings. The normalized spacial score (nSPS) is 50.3. The average molecular weight is 507 g/mol. The third-order valence-corrected chi connectivity index (χ3v) is 13.8. The van der Waals surface area contributed by atoms with Crippen molar-refractivity contribution in [3.63, 3.8) is 0 Å². The third-order valence-electron chi connectivity index (χ3n) is 12.8. The minimum Gasteiger partial charge on any atom is -0.245 e. The number of hydrogen-bond acceptors (Lipinski definition) is 4. The first-order valence-corrected chi connectivity index (χ1v) is 16.7. The summed E-state index contributed by atoms with van der Waals surface area (Å²) in [5.41, 5.74) is 0.777. The van der Waals surface area contributed by atoms with E-state index in [0.717, 1.165) is 62.2 Å². The zero-order chi connectivity index (χ0) is 24.3. The Morgan fingerprint density at radius 1 is 0.571 bits per heavy atom. The molecule has 0 heterocycles. The van der Waals surface area contributed by atoms with Crippen LogP contribution >= 0.6 is 0 Å². The van der Waals surface area contributed by atoms with Gasteiger partial charge in [0.25, 0.3) is 0 Å².